The molecule has 0 amide bonds. The molecular weight excluding hydrogens is 448 g/mol. The van der Waals surface area contributed by atoms with Gasteiger partial charge < -0.3 is 0 Å². The third-order valence-electron chi connectivity index (χ3n) is 5.70. The standard InChI is InChI=1S/C24H18Br2/c25-19-9-5-15(6-10-19)21-13-14-22(16-7-11-20(26)12-8-16)24-18-2-1-17(3-4-18)23(21)24/h1-2,5-14,17-18H,3-4H2. The third kappa shape index (κ3) is 2.71. The highest BCUT2D eigenvalue weighted by molar-refractivity contribution is 9.10. The summed E-state index contributed by atoms with van der Waals surface area (Å²) < 4.78 is 2.26. The van der Waals surface area contributed by atoms with Gasteiger partial charge in [0, 0.05) is 20.8 Å². The van der Waals surface area contributed by atoms with Crippen LogP contribution in [0.15, 0.2) is 81.8 Å². The molecule has 3 aromatic rings. The van der Waals surface area contributed by atoms with E-state index in [1.165, 1.54) is 35.1 Å². The van der Waals surface area contributed by atoms with Crippen LogP contribution in [0.4, 0.5) is 0 Å². The molecule has 0 spiro atoms. The number of benzene rings is 3. The molecule has 0 fully saturated rings. The van der Waals surface area contributed by atoms with Crippen molar-refractivity contribution in [3.05, 3.63) is 92.9 Å². The molecule has 0 radical (unpaired) electrons. The summed E-state index contributed by atoms with van der Waals surface area (Å²) in [6.45, 7) is 0. The molecule has 2 unspecified atom stereocenters. The monoisotopic (exact) mass is 464 g/mol. The van der Waals surface area contributed by atoms with Crippen LogP contribution in [-0.4, -0.2) is 0 Å². The number of hydrogen-bond donors (Lipinski definition) is 0. The summed E-state index contributed by atoms with van der Waals surface area (Å²) in [4.78, 5) is 0. The molecule has 2 atom stereocenters. The van der Waals surface area contributed by atoms with Crippen LogP contribution in [0.5, 0.6) is 0 Å². The van der Waals surface area contributed by atoms with Crippen LogP contribution in [0, 0.1) is 0 Å². The minimum Gasteiger partial charge on any atom is -0.0804 e. The molecule has 0 N–H and O–H groups in total. The summed E-state index contributed by atoms with van der Waals surface area (Å²) >= 11 is 7.12. The van der Waals surface area contributed by atoms with E-state index in [1.54, 1.807) is 11.1 Å². The Labute approximate surface area is 171 Å². The van der Waals surface area contributed by atoms with E-state index in [0.29, 0.717) is 11.8 Å². The Hall–Kier alpha value is -1.64. The Bertz CT molecular complexity index is 915. The number of rotatable bonds is 2. The molecule has 0 saturated heterocycles. The fraction of sp³-hybridized carbons (Fsp3) is 0.167. The number of allylic oxidation sites excluding steroid dienone is 2. The summed E-state index contributed by atoms with van der Waals surface area (Å²) in [5.74, 6) is 1.09. The Balaban J connectivity index is 1.74. The fourth-order valence-corrected chi connectivity index (χ4v) is 5.03. The van der Waals surface area contributed by atoms with Gasteiger partial charge in [0.05, 0.1) is 0 Å². The Morgan fingerprint density at radius 2 is 0.923 bits per heavy atom. The van der Waals surface area contributed by atoms with Crippen LogP contribution in [0.3, 0.4) is 0 Å². The van der Waals surface area contributed by atoms with Gasteiger partial charge in [-0.1, -0.05) is 80.4 Å². The van der Waals surface area contributed by atoms with Gasteiger partial charge in [0.2, 0.25) is 0 Å². The summed E-state index contributed by atoms with van der Waals surface area (Å²) in [5.41, 5.74) is 8.51. The topological polar surface area (TPSA) is 0 Å². The van der Waals surface area contributed by atoms with Crippen LogP contribution in [0.25, 0.3) is 22.3 Å². The molecule has 0 saturated carbocycles. The normalized spacial score (nSPS) is 20.2. The largest absolute Gasteiger partial charge is 0.0804 e. The van der Waals surface area contributed by atoms with Crippen molar-refractivity contribution in [1.29, 1.82) is 0 Å². The van der Waals surface area contributed by atoms with Crippen molar-refractivity contribution in [1.82, 2.24) is 0 Å². The molecule has 0 aromatic heterocycles. The minimum absolute atomic E-state index is 0.545. The summed E-state index contributed by atoms with van der Waals surface area (Å²) in [7, 11) is 0. The lowest BCUT2D eigenvalue weighted by atomic mass is 9.67. The maximum absolute atomic E-state index is 3.56. The highest BCUT2D eigenvalue weighted by Crippen LogP contribution is 2.52. The van der Waals surface area contributed by atoms with Gasteiger partial charge in [0.15, 0.2) is 0 Å². The molecule has 2 heteroatoms. The van der Waals surface area contributed by atoms with E-state index in [2.05, 4.69) is 105 Å². The third-order valence-corrected chi connectivity index (χ3v) is 6.76. The van der Waals surface area contributed by atoms with Crippen LogP contribution < -0.4 is 0 Å². The van der Waals surface area contributed by atoms with Crippen molar-refractivity contribution in [2.75, 3.05) is 0 Å². The predicted molar refractivity (Wildman–Crippen MR) is 117 cm³/mol. The van der Waals surface area contributed by atoms with Gasteiger partial charge in [0.1, 0.15) is 0 Å². The van der Waals surface area contributed by atoms with Crippen LogP contribution in [0.1, 0.15) is 35.8 Å². The van der Waals surface area contributed by atoms with E-state index in [1.807, 2.05) is 0 Å². The zero-order valence-corrected chi connectivity index (χ0v) is 17.4. The lowest BCUT2D eigenvalue weighted by Crippen LogP contribution is -2.19. The van der Waals surface area contributed by atoms with Crippen LogP contribution >= 0.6 is 31.9 Å². The molecule has 3 aliphatic carbocycles. The second-order valence-corrected chi connectivity index (χ2v) is 9.01. The van der Waals surface area contributed by atoms with E-state index < -0.39 is 0 Å². The van der Waals surface area contributed by atoms with Gasteiger partial charge in [-0.3, -0.25) is 0 Å². The Kier molecular flexibility index (Phi) is 4.14. The summed E-state index contributed by atoms with van der Waals surface area (Å²) in [5, 5.41) is 0. The first-order valence-corrected chi connectivity index (χ1v) is 10.7. The van der Waals surface area contributed by atoms with Crippen molar-refractivity contribution in [2.24, 2.45) is 0 Å². The first-order valence-electron chi connectivity index (χ1n) is 9.08. The highest BCUT2D eigenvalue weighted by atomic mass is 79.9. The predicted octanol–water partition coefficient (Wildman–Crippen LogP) is 8.08. The molecule has 0 aliphatic heterocycles. The van der Waals surface area contributed by atoms with Crippen molar-refractivity contribution in [3.63, 3.8) is 0 Å². The average Bonchev–Trinajstić information content (AvgIpc) is 2.69. The van der Waals surface area contributed by atoms with Gasteiger partial charge in [-0.15, -0.1) is 0 Å². The summed E-state index contributed by atoms with van der Waals surface area (Å²) in [6, 6.07) is 22.1. The molecular formula is C24H18Br2. The first kappa shape index (κ1) is 16.5. The fourth-order valence-electron chi connectivity index (χ4n) is 4.50. The highest BCUT2D eigenvalue weighted by Gasteiger charge is 2.33. The maximum Gasteiger partial charge on any atom is 0.0175 e. The van der Waals surface area contributed by atoms with Crippen LogP contribution in [0.2, 0.25) is 0 Å². The number of hydrogen-bond acceptors (Lipinski definition) is 0. The van der Waals surface area contributed by atoms with Crippen molar-refractivity contribution < 1.29 is 0 Å². The Morgan fingerprint density at radius 1 is 0.538 bits per heavy atom. The van der Waals surface area contributed by atoms with Crippen molar-refractivity contribution in [2.45, 2.75) is 24.7 Å². The average molecular weight is 466 g/mol. The van der Waals surface area contributed by atoms with Crippen molar-refractivity contribution >= 4 is 31.9 Å². The molecule has 3 aromatic carbocycles. The zero-order valence-electron chi connectivity index (χ0n) is 14.3. The quantitative estimate of drug-likeness (QED) is 0.335. The molecule has 3 aliphatic rings. The second-order valence-electron chi connectivity index (χ2n) is 7.18. The summed E-state index contributed by atoms with van der Waals surface area (Å²) in [6.07, 6.45) is 7.40. The van der Waals surface area contributed by atoms with E-state index in [0.717, 1.165) is 8.95 Å². The molecule has 128 valence electrons. The SMILES string of the molecule is Brc1ccc(-c2ccc(-c3ccc(Br)cc3)c3c2C2C=CC3CC2)cc1. The number of halogens is 2. The van der Waals surface area contributed by atoms with E-state index in [-0.39, 0.29) is 0 Å². The van der Waals surface area contributed by atoms with E-state index in [9.17, 15) is 0 Å². The van der Waals surface area contributed by atoms with Gasteiger partial charge in [-0.05, 0) is 70.5 Å². The van der Waals surface area contributed by atoms with Crippen molar-refractivity contribution in [3.8, 4) is 22.3 Å². The Morgan fingerprint density at radius 3 is 1.27 bits per heavy atom. The smallest absolute Gasteiger partial charge is 0.0175 e. The molecule has 0 nitrogen and oxygen atoms in total. The first-order chi connectivity index (χ1) is 12.7. The van der Waals surface area contributed by atoms with Gasteiger partial charge in [-0.25, -0.2) is 0 Å². The lowest BCUT2D eigenvalue weighted by molar-refractivity contribution is 0.555. The van der Waals surface area contributed by atoms with Gasteiger partial charge >= 0.3 is 0 Å². The van der Waals surface area contributed by atoms with Gasteiger partial charge in [-0.2, -0.15) is 0 Å². The molecule has 6 rings (SSSR count). The van der Waals surface area contributed by atoms with Crippen LogP contribution in [-0.2, 0) is 0 Å². The second kappa shape index (κ2) is 6.51. The zero-order chi connectivity index (χ0) is 17.7. The van der Waals surface area contributed by atoms with E-state index in [4.69, 9.17) is 0 Å². The lowest BCUT2D eigenvalue weighted by Gasteiger charge is -2.37. The number of fused-ring (bicyclic) bond motifs is 1. The molecule has 0 heterocycles. The minimum atomic E-state index is 0.545. The molecule has 26 heavy (non-hydrogen) atoms. The van der Waals surface area contributed by atoms with Gasteiger partial charge in [0.25, 0.3) is 0 Å². The molecule has 2 bridgehead atoms. The maximum atomic E-state index is 3.56. The van der Waals surface area contributed by atoms with E-state index >= 15 is 0 Å².